The molecular formula is C16H19IN4O2. The largest absolute Gasteiger partial charge is 0.495 e. The SMILES string of the molecule is COc1ccccc1N1CCN(C(=O)c2c(I)cnn2C)CC1. The highest BCUT2D eigenvalue weighted by molar-refractivity contribution is 14.1. The molecule has 1 aromatic heterocycles. The zero-order chi connectivity index (χ0) is 16.4. The number of benzene rings is 1. The van der Waals surface area contributed by atoms with Gasteiger partial charge in [0.1, 0.15) is 11.4 Å². The number of hydrogen-bond acceptors (Lipinski definition) is 4. The van der Waals surface area contributed by atoms with E-state index in [0.29, 0.717) is 18.8 Å². The Morgan fingerprint density at radius 3 is 2.52 bits per heavy atom. The maximum atomic E-state index is 12.7. The Labute approximate surface area is 149 Å². The van der Waals surface area contributed by atoms with Gasteiger partial charge in [-0.05, 0) is 34.7 Å². The van der Waals surface area contributed by atoms with E-state index in [4.69, 9.17) is 4.74 Å². The molecule has 1 amide bonds. The minimum absolute atomic E-state index is 0.0501. The number of amides is 1. The highest BCUT2D eigenvalue weighted by atomic mass is 127. The zero-order valence-corrected chi connectivity index (χ0v) is 15.4. The van der Waals surface area contributed by atoms with E-state index in [0.717, 1.165) is 28.1 Å². The quantitative estimate of drug-likeness (QED) is 0.705. The van der Waals surface area contributed by atoms with Crippen LogP contribution in [0.3, 0.4) is 0 Å². The van der Waals surface area contributed by atoms with E-state index in [-0.39, 0.29) is 5.91 Å². The van der Waals surface area contributed by atoms with Gasteiger partial charge in [0.15, 0.2) is 0 Å². The fraction of sp³-hybridized carbons (Fsp3) is 0.375. The molecule has 0 aliphatic carbocycles. The molecule has 0 saturated carbocycles. The van der Waals surface area contributed by atoms with Crippen molar-refractivity contribution in [2.45, 2.75) is 0 Å². The van der Waals surface area contributed by atoms with E-state index in [1.807, 2.05) is 23.1 Å². The van der Waals surface area contributed by atoms with Crippen molar-refractivity contribution >= 4 is 34.2 Å². The van der Waals surface area contributed by atoms with Crippen LogP contribution < -0.4 is 9.64 Å². The fourth-order valence-corrected chi connectivity index (χ4v) is 3.55. The normalized spacial score (nSPS) is 14.9. The highest BCUT2D eigenvalue weighted by Gasteiger charge is 2.26. The molecule has 2 heterocycles. The van der Waals surface area contributed by atoms with Crippen molar-refractivity contribution in [3.8, 4) is 5.75 Å². The molecular weight excluding hydrogens is 407 g/mol. The molecule has 0 bridgehead atoms. The number of para-hydroxylation sites is 2. The molecule has 1 fully saturated rings. The van der Waals surface area contributed by atoms with Gasteiger partial charge in [0.25, 0.3) is 5.91 Å². The first kappa shape index (κ1) is 16.1. The summed E-state index contributed by atoms with van der Waals surface area (Å²) in [6.45, 7) is 2.97. The molecule has 6 nitrogen and oxygen atoms in total. The van der Waals surface area contributed by atoms with Gasteiger partial charge in [0, 0.05) is 33.2 Å². The lowest BCUT2D eigenvalue weighted by atomic mass is 10.2. The molecule has 0 atom stereocenters. The van der Waals surface area contributed by atoms with Gasteiger partial charge in [-0.2, -0.15) is 5.10 Å². The second-order valence-electron chi connectivity index (χ2n) is 5.42. The number of nitrogens with zero attached hydrogens (tertiary/aromatic N) is 4. The van der Waals surface area contributed by atoms with Crippen LogP contribution >= 0.6 is 22.6 Å². The molecule has 1 saturated heterocycles. The summed E-state index contributed by atoms with van der Waals surface area (Å²) >= 11 is 2.16. The van der Waals surface area contributed by atoms with E-state index in [2.05, 4.69) is 38.7 Å². The summed E-state index contributed by atoms with van der Waals surface area (Å²) in [6.07, 6.45) is 1.72. The Bertz CT molecular complexity index is 688. The minimum Gasteiger partial charge on any atom is -0.495 e. The lowest BCUT2D eigenvalue weighted by Crippen LogP contribution is -2.49. The summed E-state index contributed by atoms with van der Waals surface area (Å²) in [4.78, 5) is 16.8. The number of rotatable bonds is 3. The summed E-state index contributed by atoms with van der Waals surface area (Å²) in [7, 11) is 3.49. The summed E-state index contributed by atoms with van der Waals surface area (Å²) < 4.78 is 7.97. The Morgan fingerprint density at radius 2 is 1.91 bits per heavy atom. The molecule has 23 heavy (non-hydrogen) atoms. The molecule has 0 radical (unpaired) electrons. The molecule has 2 aromatic rings. The maximum Gasteiger partial charge on any atom is 0.273 e. The van der Waals surface area contributed by atoms with Crippen molar-refractivity contribution in [1.29, 1.82) is 0 Å². The molecule has 3 rings (SSSR count). The average Bonchev–Trinajstić information content (AvgIpc) is 2.93. The summed E-state index contributed by atoms with van der Waals surface area (Å²) in [5.74, 6) is 0.919. The van der Waals surface area contributed by atoms with Crippen LogP contribution in [0.2, 0.25) is 0 Å². The van der Waals surface area contributed by atoms with E-state index >= 15 is 0 Å². The van der Waals surface area contributed by atoms with Gasteiger partial charge in [-0.25, -0.2) is 0 Å². The Morgan fingerprint density at radius 1 is 1.22 bits per heavy atom. The van der Waals surface area contributed by atoms with Crippen molar-refractivity contribution in [2.75, 3.05) is 38.2 Å². The van der Waals surface area contributed by atoms with Crippen LogP contribution in [0.1, 0.15) is 10.5 Å². The Kier molecular flexibility index (Phi) is 4.74. The van der Waals surface area contributed by atoms with Gasteiger partial charge >= 0.3 is 0 Å². The molecule has 1 aliphatic heterocycles. The second kappa shape index (κ2) is 6.77. The van der Waals surface area contributed by atoms with E-state index in [1.165, 1.54) is 0 Å². The number of carbonyl (C=O) groups excluding carboxylic acids is 1. The lowest BCUT2D eigenvalue weighted by Gasteiger charge is -2.36. The number of ether oxygens (including phenoxy) is 1. The first-order valence-corrected chi connectivity index (χ1v) is 8.54. The number of anilines is 1. The number of carbonyl (C=O) groups is 1. The van der Waals surface area contributed by atoms with Gasteiger partial charge < -0.3 is 14.5 Å². The zero-order valence-electron chi connectivity index (χ0n) is 13.2. The van der Waals surface area contributed by atoms with Crippen LogP contribution in [0.4, 0.5) is 5.69 Å². The van der Waals surface area contributed by atoms with E-state index < -0.39 is 0 Å². The summed E-state index contributed by atoms with van der Waals surface area (Å²) in [5.41, 5.74) is 1.74. The van der Waals surface area contributed by atoms with Crippen LogP contribution in [0.15, 0.2) is 30.5 Å². The van der Waals surface area contributed by atoms with E-state index in [1.54, 1.807) is 25.0 Å². The third-order valence-corrected chi connectivity index (χ3v) is 4.88. The number of hydrogen-bond donors (Lipinski definition) is 0. The van der Waals surface area contributed by atoms with Crippen LogP contribution in [-0.2, 0) is 7.05 Å². The van der Waals surface area contributed by atoms with Gasteiger partial charge in [-0.3, -0.25) is 9.48 Å². The number of halogens is 1. The number of methoxy groups -OCH3 is 1. The predicted octanol–water partition coefficient (Wildman–Crippen LogP) is 2.00. The maximum absolute atomic E-state index is 12.7. The van der Waals surface area contributed by atoms with Crippen LogP contribution in [0.25, 0.3) is 0 Å². The molecule has 1 aromatic carbocycles. The minimum atomic E-state index is 0.0501. The Hall–Kier alpha value is -1.77. The standard InChI is InChI=1S/C16H19IN4O2/c1-19-15(12(17)11-18-19)16(22)21-9-7-20(8-10-21)13-5-3-4-6-14(13)23-2/h3-6,11H,7-10H2,1-2H3. The number of piperazine rings is 1. The van der Waals surface area contributed by atoms with Crippen molar-refractivity contribution in [3.05, 3.63) is 39.7 Å². The molecule has 122 valence electrons. The lowest BCUT2D eigenvalue weighted by molar-refractivity contribution is 0.0734. The summed E-state index contributed by atoms with van der Waals surface area (Å²) in [6, 6.07) is 7.99. The monoisotopic (exact) mass is 426 g/mol. The highest BCUT2D eigenvalue weighted by Crippen LogP contribution is 2.28. The van der Waals surface area contributed by atoms with Gasteiger partial charge in [-0.15, -0.1) is 0 Å². The van der Waals surface area contributed by atoms with Crippen LogP contribution in [0, 0.1) is 3.57 Å². The number of aryl methyl sites for hydroxylation is 1. The van der Waals surface area contributed by atoms with Gasteiger partial charge in [0.2, 0.25) is 0 Å². The molecule has 0 N–H and O–H groups in total. The second-order valence-corrected chi connectivity index (χ2v) is 6.58. The van der Waals surface area contributed by atoms with Crippen molar-refractivity contribution in [1.82, 2.24) is 14.7 Å². The van der Waals surface area contributed by atoms with Crippen molar-refractivity contribution in [3.63, 3.8) is 0 Å². The van der Waals surface area contributed by atoms with Crippen LogP contribution in [-0.4, -0.2) is 53.9 Å². The Balaban J connectivity index is 1.70. The third kappa shape index (κ3) is 3.15. The van der Waals surface area contributed by atoms with Gasteiger partial charge in [-0.1, -0.05) is 12.1 Å². The average molecular weight is 426 g/mol. The topological polar surface area (TPSA) is 50.6 Å². The van der Waals surface area contributed by atoms with Crippen LogP contribution in [0.5, 0.6) is 5.75 Å². The number of aromatic nitrogens is 2. The van der Waals surface area contributed by atoms with Gasteiger partial charge in [0.05, 0.1) is 22.6 Å². The molecule has 1 aliphatic rings. The fourth-order valence-electron chi connectivity index (χ4n) is 2.84. The third-order valence-electron chi connectivity index (χ3n) is 4.09. The van der Waals surface area contributed by atoms with Crippen molar-refractivity contribution < 1.29 is 9.53 Å². The summed E-state index contributed by atoms with van der Waals surface area (Å²) in [5, 5.41) is 4.15. The molecule has 0 unspecified atom stereocenters. The first-order valence-electron chi connectivity index (χ1n) is 7.46. The smallest absolute Gasteiger partial charge is 0.273 e. The van der Waals surface area contributed by atoms with E-state index in [9.17, 15) is 4.79 Å². The molecule has 0 spiro atoms. The predicted molar refractivity (Wildman–Crippen MR) is 97.0 cm³/mol. The first-order chi connectivity index (χ1) is 11.1. The molecule has 7 heteroatoms. The van der Waals surface area contributed by atoms with Crippen molar-refractivity contribution in [2.24, 2.45) is 7.05 Å².